The molecule has 2 aromatic carbocycles. The molecule has 0 bridgehead atoms. The Morgan fingerprint density at radius 2 is 1.79 bits per heavy atom. The lowest BCUT2D eigenvalue weighted by molar-refractivity contribution is -0.134. The van der Waals surface area contributed by atoms with E-state index in [0.29, 0.717) is 24.4 Å². The Morgan fingerprint density at radius 1 is 1.12 bits per heavy atom. The van der Waals surface area contributed by atoms with Gasteiger partial charge in [0.15, 0.2) is 6.61 Å². The first-order valence-corrected chi connectivity index (χ1v) is 8.08. The summed E-state index contributed by atoms with van der Waals surface area (Å²) in [6.07, 6.45) is 0.881. The molecule has 0 saturated heterocycles. The second kappa shape index (κ2) is 8.73. The van der Waals surface area contributed by atoms with Crippen LogP contribution in [-0.2, 0) is 11.3 Å². The van der Waals surface area contributed by atoms with Gasteiger partial charge in [-0.25, -0.2) is 0 Å². The third-order valence-corrected chi connectivity index (χ3v) is 3.69. The molecular formula is C20H22N2O2. The van der Waals surface area contributed by atoms with Crippen molar-refractivity contribution in [1.82, 2.24) is 4.90 Å². The van der Waals surface area contributed by atoms with E-state index >= 15 is 0 Å². The fourth-order valence-corrected chi connectivity index (χ4v) is 2.34. The van der Waals surface area contributed by atoms with Crippen molar-refractivity contribution in [2.45, 2.75) is 26.8 Å². The van der Waals surface area contributed by atoms with Crippen molar-refractivity contribution in [3.63, 3.8) is 0 Å². The second-order valence-electron chi connectivity index (χ2n) is 5.73. The summed E-state index contributed by atoms with van der Waals surface area (Å²) in [4.78, 5) is 14.2. The lowest BCUT2D eigenvalue weighted by atomic mass is 10.1. The molecule has 0 fully saturated rings. The van der Waals surface area contributed by atoms with Crippen LogP contribution in [0.4, 0.5) is 0 Å². The number of carbonyl (C=O) groups is 1. The number of benzene rings is 2. The van der Waals surface area contributed by atoms with Crippen LogP contribution in [0.5, 0.6) is 5.75 Å². The van der Waals surface area contributed by atoms with Crippen molar-refractivity contribution in [3.8, 4) is 11.8 Å². The van der Waals surface area contributed by atoms with Gasteiger partial charge in [0.05, 0.1) is 11.6 Å². The van der Waals surface area contributed by atoms with Gasteiger partial charge in [-0.3, -0.25) is 4.79 Å². The molecule has 0 saturated carbocycles. The lowest BCUT2D eigenvalue weighted by Gasteiger charge is -2.22. The number of hydrogen-bond donors (Lipinski definition) is 0. The molecule has 4 heteroatoms. The van der Waals surface area contributed by atoms with Gasteiger partial charge in [0.25, 0.3) is 5.91 Å². The van der Waals surface area contributed by atoms with Crippen LogP contribution in [-0.4, -0.2) is 24.0 Å². The molecule has 0 aliphatic carbocycles. The van der Waals surface area contributed by atoms with Gasteiger partial charge < -0.3 is 9.64 Å². The molecule has 0 aliphatic heterocycles. The molecule has 0 aliphatic rings. The number of rotatable bonds is 7. The summed E-state index contributed by atoms with van der Waals surface area (Å²) in [5.41, 5.74) is 2.78. The first kappa shape index (κ1) is 17.6. The molecule has 0 atom stereocenters. The van der Waals surface area contributed by atoms with Gasteiger partial charge in [0.2, 0.25) is 0 Å². The highest BCUT2D eigenvalue weighted by Crippen LogP contribution is 2.12. The van der Waals surface area contributed by atoms with Crippen LogP contribution in [0.3, 0.4) is 0 Å². The average Bonchev–Trinajstić information content (AvgIpc) is 2.61. The summed E-state index contributed by atoms with van der Waals surface area (Å²) in [7, 11) is 0. The van der Waals surface area contributed by atoms with E-state index in [1.807, 2.05) is 50.2 Å². The van der Waals surface area contributed by atoms with Gasteiger partial charge in [-0.05, 0) is 43.2 Å². The topological polar surface area (TPSA) is 53.3 Å². The predicted octanol–water partition coefficient (Wildman–Crippen LogP) is 3.68. The number of nitriles is 1. The Hall–Kier alpha value is -2.80. The molecule has 2 aromatic rings. The van der Waals surface area contributed by atoms with E-state index < -0.39 is 0 Å². The second-order valence-corrected chi connectivity index (χ2v) is 5.73. The van der Waals surface area contributed by atoms with Crippen LogP contribution >= 0.6 is 0 Å². The number of carbonyl (C=O) groups excluding carboxylic acids is 1. The molecule has 0 N–H and O–H groups in total. The fraction of sp³-hybridized carbons (Fsp3) is 0.300. The van der Waals surface area contributed by atoms with E-state index in [1.165, 1.54) is 0 Å². The molecule has 0 aromatic heterocycles. The average molecular weight is 322 g/mol. The molecule has 0 unspecified atom stereocenters. The van der Waals surface area contributed by atoms with Crippen LogP contribution in [0, 0.1) is 18.3 Å². The van der Waals surface area contributed by atoms with Crippen LogP contribution < -0.4 is 4.74 Å². The monoisotopic (exact) mass is 322 g/mol. The number of hydrogen-bond acceptors (Lipinski definition) is 3. The Kier molecular flexibility index (Phi) is 6.39. The van der Waals surface area contributed by atoms with E-state index in [9.17, 15) is 4.79 Å². The van der Waals surface area contributed by atoms with Crippen molar-refractivity contribution in [1.29, 1.82) is 5.26 Å². The van der Waals surface area contributed by atoms with E-state index in [2.05, 4.69) is 6.07 Å². The smallest absolute Gasteiger partial charge is 0.260 e. The summed E-state index contributed by atoms with van der Waals surface area (Å²) in [6.45, 7) is 5.28. The highest BCUT2D eigenvalue weighted by atomic mass is 16.5. The summed E-state index contributed by atoms with van der Waals surface area (Å²) in [5, 5.41) is 8.85. The van der Waals surface area contributed by atoms with Crippen molar-refractivity contribution in [2.75, 3.05) is 13.2 Å². The lowest BCUT2D eigenvalue weighted by Crippen LogP contribution is -2.35. The Bertz CT molecular complexity index is 700. The molecule has 0 heterocycles. The maximum absolute atomic E-state index is 12.4. The SMILES string of the molecule is CCCN(Cc1ccc(C#N)cc1)C(=O)COc1ccc(C)cc1. The first-order valence-electron chi connectivity index (χ1n) is 8.08. The van der Waals surface area contributed by atoms with Crippen LogP contribution in [0.25, 0.3) is 0 Å². The van der Waals surface area contributed by atoms with E-state index in [4.69, 9.17) is 10.00 Å². The van der Waals surface area contributed by atoms with Gasteiger partial charge in [0.1, 0.15) is 5.75 Å². The van der Waals surface area contributed by atoms with Gasteiger partial charge in [-0.1, -0.05) is 36.8 Å². The minimum Gasteiger partial charge on any atom is -0.484 e. The van der Waals surface area contributed by atoms with Gasteiger partial charge in [-0.15, -0.1) is 0 Å². The zero-order valence-corrected chi connectivity index (χ0v) is 14.2. The van der Waals surface area contributed by atoms with Crippen LogP contribution in [0.15, 0.2) is 48.5 Å². The van der Waals surface area contributed by atoms with Crippen LogP contribution in [0.1, 0.15) is 30.0 Å². The number of ether oxygens (including phenoxy) is 1. The molecule has 24 heavy (non-hydrogen) atoms. The minimum absolute atomic E-state index is 0.0271. The summed E-state index contributed by atoms with van der Waals surface area (Å²) < 4.78 is 5.59. The maximum atomic E-state index is 12.4. The summed E-state index contributed by atoms with van der Waals surface area (Å²) >= 11 is 0. The molecule has 0 spiro atoms. The third-order valence-electron chi connectivity index (χ3n) is 3.69. The Labute approximate surface area is 143 Å². The standard InChI is InChI=1S/C20H22N2O2/c1-3-12-22(14-18-8-6-17(13-21)7-9-18)20(23)15-24-19-10-4-16(2)5-11-19/h4-11H,3,12,14-15H2,1-2H3. The van der Waals surface area contributed by atoms with E-state index in [1.54, 1.807) is 17.0 Å². The molecular weight excluding hydrogens is 300 g/mol. The van der Waals surface area contributed by atoms with Crippen molar-refractivity contribution < 1.29 is 9.53 Å². The number of aryl methyl sites for hydroxylation is 1. The van der Waals surface area contributed by atoms with Crippen molar-refractivity contribution in [3.05, 3.63) is 65.2 Å². The highest BCUT2D eigenvalue weighted by Gasteiger charge is 2.14. The van der Waals surface area contributed by atoms with Gasteiger partial charge in [0, 0.05) is 13.1 Å². The quantitative estimate of drug-likeness (QED) is 0.781. The molecule has 1 amide bonds. The fourth-order valence-electron chi connectivity index (χ4n) is 2.34. The van der Waals surface area contributed by atoms with E-state index in [0.717, 1.165) is 17.5 Å². The normalized spacial score (nSPS) is 10.0. The minimum atomic E-state index is -0.0400. The number of amides is 1. The summed E-state index contributed by atoms with van der Waals surface area (Å²) in [6, 6.07) is 17.1. The Balaban J connectivity index is 1.96. The maximum Gasteiger partial charge on any atom is 0.260 e. The number of nitrogens with zero attached hydrogens (tertiary/aromatic N) is 2. The molecule has 0 radical (unpaired) electrons. The van der Waals surface area contributed by atoms with E-state index in [-0.39, 0.29) is 12.5 Å². The predicted molar refractivity (Wildman–Crippen MR) is 93.5 cm³/mol. The van der Waals surface area contributed by atoms with Gasteiger partial charge in [-0.2, -0.15) is 5.26 Å². The van der Waals surface area contributed by atoms with Crippen molar-refractivity contribution in [2.24, 2.45) is 0 Å². The molecule has 124 valence electrons. The summed E-state index contributed by atoms with van der Waals surface area (Å²) in [5.74, 6) is 0.658. The molecule has 4 nitrogen and oxygen atoms in total. The zero-order chi connectivity index (χ0) is 17.4. The van der Waals surface area contributed by atoms with Crippen molar-refractivity contribution >= 4 is 5.91 Å². The highest BCUT2D eigenvalue weighted by molar-refractivity contribution is 5.77. The zero-order valence-electron chi connectivity index (χ0n) is 14.2. The third kappa shape index (κ3) is 5.13. The molecule has 2 rings (SSSR count). The first-order chi connectivity index (χ1) is 11.6. The van der Waals surface area contributed by atoms with Gasteiger partial charge >= 0.3 is 0 Å². The van der Waals surface area contributed by atoms with Crippen LogP contribution in [0.2, 0.25) is 0 Å². The Morgan fingerprint density at radius 3 is 2.38 bits per heavy atom. The largest absolute Gasteiger partial charge is 0.484 e.